The molecule has 1 aliphatic heterocycles. The van der Waals surface area contributed by atoms with E-state index in [4.69, 9.17) is 10.8 Å². The van der Waals surface area contributed by atoms with Crippen LogP contribution in [-0.2, 0) is 64.1 Å². The number of imide groups is 1. The van der Waals surface area contributed by atoms with Crippen LogP contribution in [0.4, 0.5) is 8.78 Å². The number of rotatable bonds is 36. The molecule has 1 aliphatic rings. The molecular formula is C58H76F2N10O14S. The highest BCUT2D eigenvalue weighted by Gasteiger charge is 2.37. The van der Waals surface area contributed by atoms with Crippen molar-refractivity contribution in [2.75, 3.05) is 37.7 Å². The summed E-state index contributed by atoms with van der Waals surface area (Å²) in [5.74, 6) is -10.1. The molecule has 0 aliphatic carbocycles. The van der Waals surface area contributed by atoms with Gasteiger partial charge in [-0.2, -0.15) is 11.8 Å². The van der Waals surface area contributed by atoms with E-state index >= 15 is 4.39 Å². The molecule has 0 saturated heterocycles. The van der Waals surface area contributed by atoms with Crippen LogP contribution < -0.4 is 37.6 Å². The number of carboxylic acid groups (broad SMARTS) is 2. The van der Waals surface area contributed by atoms with E-state index < -0.39 is 125 Å². The van der Waals surface area contributed by atoms with E-state index in [-0.39, 0.29) is 87.8 Å². The van der Waals surface area contributed by atoms with Crippen molar-refractivity contribution in [2.45, 2.75) is 136 Å². The summed E-state index contributed by atoms with van der Waals surface area (Å²) >= 11 is 1.14. The second kappa shape index (κ2) is 33.7. The highest BCUT2D eigenvalue weighted by molar-refractivity contribution is 7.99. The molecule has 2 aromatic carbocycles. The van der Waals surface area contributed by atoms with Gasteiger partial charge in [-0.05, 0) is 74.8 Å². The second-order valence-corrected chi connectivity index (χ2v) is 22.5. The number of hydrogen-bond donors (Lipinski definition) is 9. The van der Waals surface area contributed by atoms with Gasteiger partial charge in [-0.3, -0.25) is 57.6 Å². The Morgan fingerprint density at radius 2 is 1.35 bits per heavy atom. The van der Waals surface area contributed by atoms with Crippen LogP contribution in [0.3, 0.4) is 0 Å². The number of aromatic nitrogens is 1. The Hall–Kier alpha value is -8.49. The fourth-order valence-electron chi connectivity index (χ4n) is 9.03. The van der Waals surface area contributed by atoms with Crippen molar-refractivity contribution in [3.63, 3.8) is 0 Å². The Balaban J connectivity index is 1.41. The summed E-state index contributed by atoms with van der Waals surface area (Å²) in [5, 5.41) is 33.1. The van der Waals surface area contributed by atoms with Crippen LogP contribution in [0.5, 0.6) is 0 Å². The number of primary amides is 1. The summed E-state index contributed by atoms with van der Waals surface area (Å²) in [6, 6.07) is 8.11. The van der Waals surface area contributed by atoms with E-state index in [1.165, 1.54) is 26.0 Å². The predicted molar refractivity (Wildman–Crippen MR) is 308 cm³/mol. The highest BCUT2D eigenvalue weighted by atomic mass is 32.2. The van der Waals surface area contributed by atoms with Crippen molar-refractivity contribution in [1.29, 1.82) is 0 Å². The van der Waals surface area contributed by atoms with Crippen LogP contribution in [0.1, 0.15) is 116 Å². The first-order valence-electron chi connectivity index (χ1n) is 27.7. The van der Waals surface area contributed by atoms with Gasteiger partial charge < -0.3 is 57.3 Å². The van der Waals surface area contributed by atoms with Crippen molar-refractivity contribution < 1.29 is 76.5 Å². The molecule has 10 N–H and O–H groups in total. The Morgan fingerprint density at radius 3 is 2.00 bits per heavy atom. The van der Waals surface area contributed by atoms with Crippen molar-refractivity contribution in [2.24, 2.45) is 11.1 Å². The van der Waals surface area contributed by atoms with Gasteiger partial charge in [0.15, 0.2) is 0 Å². The van der Waals surface area contributed by atoms with Crippen molar-refractivity contribution in [1.82, 2.24) is 46.3 Å². The van der Waals surface area contributed by atoms with Gasteiger partial charge >= 0.3 is 11.9 Å². The number of nitrogens with one attached hydrogen (secondary N) is 6. The van der Waals surface area contributed by atoms with E-state index in [0.717, 1.165) is 40.4 Å². The summed E-state index contributed by atoms with van der Waals surface area (Å²) < 4.78 is 32.0. The van der Waals surface area contributed by atoms with Crippen LogP contribution in [0, 0.1) is 17.0 Å². The first kappa shape index (κ1) is 69.0. The molecule has 10 amide bonds. The Labute approximate surface area is 495 Å². The standard InChI is InChI=1S/C58H76F2N10O14S/c1-35(64-46(72)15-10-7-11-26-69-49(75)19-20-50(69)76)55(81)65-36(2)56(82)67-43(54(61)80)31-48(74)62-24-12-27-70(51(77)34-85-28-23-45(71)63-25-22-47(73)66-42(57(83)84)18-21-52(78)79)53(58(3,4)5)44-29-38(40-30-39(59)16-17-41(40)60)33-68(44)32-37-13-8-6-9-14-37/h6,8-9,13-14,16-17,19-20,29-30,33,35-36,42-43,53H,7,10-12,15,18,21-28,31-32,34H2,1-5H3,(H2,61,80)(H,62,74)(H,63,71)(H,64,72)(H,65,81)(H,66,73)(H,67,82)(H,78,79)(H,83,84)/t35-,36-,42-,43-,53-/m0/s1. The smallest absolute Gasteiger partial charge is 0.326 e. The zero-order valence-electron chi connectivity index (χ0n) is 48.2. The Kier molecular flexibility index (Phi) is 27.4. The van der Waals surface area contributed by atoms with Gasteiger partial charge in [-0.25, -0.2) is 13.6 Å². The minimum atomic E-state index is -1.52. The lowest BCUT2D eigenvalue weighted by molar-refractivity contribution is -0.143. The minimum absolute atomic E-state index is 0.00975. The third kappa shape index (κ3) is 23.2. The zero-order valence-corrected chi connectivity index (χ0v) is 49.0. The molecule has 4 rings (SSSR count). The van der Waals surface area contributed by atoms with E-state index in [0.29, 0.717) is 30.5 Å². The number of carboxylic acids is 2. The number of benzene rings is 2. The molecule has 1 aromatic heterocycles. The summed E-state index contributed by atoms with van der Waals surface area (Å²) in [4.78, 5) is 153. The van der Waals surface area contributed by atoms with Gasteiger partial charge in [-0.15, -0.1) is 0 Å². The van der Waals surface area contributed by atoms with E-state index in [9.17, 15) is 67.0 Å². The maximum atomic E-state index is 15.4. The van der Waals surface area contributed by atoms with Crippen LogP contribution in [0.25, 0.3) is 11.1 Å². The number of nitrogens with zero attached hydrogens (tertiary/aromatic N) is 3. The van der Waals surface area contributed by atoms with Gasteiger partial charge in [0.1, 0.15) is 35.8 Å². The predicted octanol–water partition coefficient (Wildman–Crippen LogP) is 2.82. The average molecular weight is 1210 g/mol. The lowest BCUT2D eigenvalue weighted by atomic mass is 9.83. The van der Waals surface area contributed by atoms with Gasteiger partial charge in [-0.1, -0.05) is 57.5 Å². The van der Waals surface area contributed by atoms with Gasteiger partial charge in [0.25, 0.3) is 11.8 Å². The number of halogens is 2. The quantitative estimate of drug-likeness (QED) is 0.0299. The van der Waals surface area contributed by atoms with Gasteiger partial charge in [0.2, 0.25) is 47.3 Å². The number of hydrogen-bond acceptors (Lipinski definition) is 13. The molecular weight excluding hydrogens is 1130 g/mol. The number of aliphatic carboxylic acids is 2. The molecule has 0 saturated carbocycles. The molecule has 0 unspecified atom stereocenters. The maximum Gasteiger partial charge on any atom is 0.326 e. The Morgan fingerprint density at radius 1 is 0.706 bits per heavy atom. The topological polar surface area (TPSA) is 355 Å². The molecule has 0 radical (unpaired) electrons. The number of carbonyl (C=O) groups is 12. The largest absolute Gasteiger partial charge is 0.481 e. The molecule has 0 bridgehead atoms. The first-order chi connectivity index (χ1) is 40.1. The maximum absolute atomic E-state index is 15.4. The number of nitrogens with two attached hydrogens (primary N) is 1. The fourth-order valence-corrected chi connectivity index (χ4v) is 9.85. The molecule has 0 spiro atoms. The monoisotopic (exact) mass is 1210 g/mol. The van der Waals surface area contributed by atoms with Crippen LogP contribution >= 0.6 is 11.8 Å². The number of unbranched alkanes of at least 4 members (excludes halogenated alkanes) is 2. The molecule has 85 heavy (non-hydrogen) atoms. The summed E-state index contributed by atoms with van der Waals surface area (Å²) in [6.45, 7) is 8.72. The van der Waals surface area contributed by atoms with Gasteiger partial charge in [0, 0.05) is 99.3 Å². The Bertz CT molecular complexity index is 2920. The van der Waals surface area contributed by atoms with Crippen LogP contribution in [-0.4, -0.2) is 157 Å². The lowest BCUT2D eigenvalue weighted by Gasteiger charge is -2.41. The molecule has 3 aromatic rings. The van der Waals surface area contributed by atoms with Crippen LogP contribution in [0.2, 0.25) is 0 Å². The molecule has 2 heterocycles. The minimum Gasteiger partial charge on any atom is -0.481 e. The number of amides is 10. The fraction of sp³-hybridized carbons (Fsp3) is 0.483. The third-order valence-electron chi connectivity index (χ3n) is 13.4. The van der Waals surface area contributed by atoms with Crippen molar-refractivity contribution in [3.8, 4) is 11.1 Å². The summed E-state index contributed by atoms with van der Waals surface area (Å²) in [7, 11) is 0. The average Bonchev–Trinajstić information content (AvgIpc) is 1.99. The number of carbonyl (C=O) groups excluding carboxylic acids is 10. The second-order valence-electron chi connectivity index (χ2n) is 21.4. The summed E-state index contributed by atoms with van der Waals surface area (Å²) in [5.41, 5.74) is 6.60. The van der Waals surface area contributed by atoms with Gasteiger partial charge in [0.05, 0.1) is 18.2 Å². The van der Waals surface area contributed by atoms with Crippen molar-refractivity contribution >= 4 is 82.8 Å². The normalized spacial score (nSPS) is 13.8. The number of thioether (sulfide) groups is 1. The zero-order chi connectivity index (χ0) is 63.0. The molecule has 462 valence electrons. The van der Waals surface area contributed by atoms with Crippen molar-refractivity contribution in [3.05, 3.63) is 95.8 Å². The van der Waals surface area contributed by atoms with E-state index in [1.807, 2.05) is 55.7 Å². The SMILES string of the molecule is C[C@H](NC(=O)CCCCCN1C(=O)C=CC1=O)C(=O)N[C@@H](C)C(=O)N[C@@H](CC(=O)NCCCN(C(=O)CSCCC(=O)NCCC(=O)N[C@@H](CCC(=O)O)C(=O)O)[C@@H](c1cc(-c2cc(F)ccc2F)cn1Cc1ccccc1)C(C)(C)C)C(N)=O. The third-order valence-corrected chi connectivity index (χ3v) is 14.4. The molecule has 27 heteroatoms. The molecule has 5 atom stereocenters. The molecule has 24 nitrogen and oxygen atoms in total. The molecule has 0 fully saturated rings. The van der Waals surface area contributed by atoms with Crippen LogP contribution in [0.15, 0.2) is 72.9 Å². The highest BCUT2D eigenvalue weighted by Crippen LogP contribution is 2.41. The van der Waals surface area contributed by atoms with E-state index in [2.05, 4.69) is 31.9 Å². The summed E-state index contributed by atoms with van der Waals surface area (Å²) in [6.07, 6.45) is 3.90. The lowest BCUT2D eigenvalue weighted by Crippen LogP contribution is -2.55. The first-order valence-corrected chi connectivity index (χ1v) is 28.9. The van der Waals surface area contributed by atoms with E-state index in [1.54, 1.807) is 17.2 Å².